The van der Waals surface area contributed by atoms with Gasteiger partial charge in [-0.3, -0.25) is 0 Å². The van der Waals surface area contributed by atoms with Gasteiger partial charge in [-0.2, -0.15) is 0 Å². The molecule has 1 heterocycles. The maximum absolute atomic E-state index is 13.3. The van der Waals surface area contributed by atoms with Crippen molar-refractivity contribution < 1.29 is 9.53 Å². The Hall–Kier alpha value is -3.46. The number of esters is 1. The highest BCUT2D eigenvalue weighted by Gasteiger charge is 2.51. The molecule has 0 fully saturated rings. The molecule has 3 aromatic rings. The molecule has 3 nitrogen and oxygen atoms in total. The summed E-state index contributed by atoms with van der Waals surface area (Å²) in [5, 5.41) is 0. The standard InChI is InChI=1S/C25H21NO2/c1-2-22(20-14-8-4-9-15-20)25(18-19-12-6-3-7-13-19)24(27)28-23(26-25)21-16-10-5-11-17-21/h2-17,22H,1,18H2/t22-,25+/m0/s1. The fraction of sp³-hybridized carbons (Fsp3) is 0.120. The molecule has 3 heteroatoms. The number of cyclic esters (lactones) is 1. The molecule has 28 heavy (non-hydrogen) atoms. The molecule has 0 bridgehead atoms. The molecular weight excluding hydrogens is 346 g/mol. The summed E-state index contributed by atoms with van der Waals surface area (Å²) in [5.41, 5.74) is 1.72. The third kappa shape index (κ3) is 3.27. The van der Waals surface area contributed by atoms with Crippen molar-refractivity contribution in [2.45, 2.75) is 17.9 Å². The molecule has 4 rings (SSSR count). The fourth-order valence-corrected chi connectivity index (χ4v) is 3.72. The van der Waals surface area contributed by atoms with Crippen molar-refractivity contribution in [3.05, 3.63) is 120 Å². The first kappa shape index (κ1) is 17.9. The molecule has 138 valence electrons. The lowest BCUT2D eigenvalue weighted by Gasteiger charge is -2.30. The Bertz CT molecular complexity index is 996. The molecule has 1 aliphatic heterocycles. The van der Waals surface area contributed by atoms with Gasteiger partial charge >= 0.3 is 5.97 Å². The number of hydrogen-bond donors (Lipinski definition) is 0. The van der Waals surface area contributed by atoms with Crippen molar-refractivity contribution in [2.75, 3.05) is 0 Å². The summed E-state index contributed by atoms with van der Waals surface area (Å²) in [4.78, 5) is 18.2. The molecule has 0 unspecified atom stereocenters. The number of ether oxygens (including phenoxy) is 1. The van der Waals surface area contributed by atoms with E-state index < -0.39 is 5.54 Å². The normalized spacial score (nSPS) is 19.6. The van der Waals surface area contributed by atoms with Crippen LogP contribution in [0.1, 0.15) is 22.6 Å². The zero-order valence-electron chi connectivity index (χ0n) is 15.5. The second kappa shape index (κ2) is 7.65. The summed E-state index contributed by atoms with van der Waals surface area (Å²) >= 11 is 0. The Balaban J connectivity index is 1.85. The van der Waals surface area contributed by atoms with E-state index in [-0.39, 0.29) is 11.9 Å². The Morgan fingerprint density at radius 1 is 0.893 bits per heavy atom. The minimum Gasteiger partial charge on any atom is -0.405 e. The van der Waals surface area contributed by atoms with Crippen molar-refractivity contribution >= 4 is 11.9 Å². The van der Waals surface area contributed by atoms with Crippen LogP contribution in [0.2, 0.25) is 0 Å². The van der Waals surface area contributed by atoms with Crippen LogP contribution in [0.25, 0.3) is 0 Å². The molecule has 0 saturated heterocycles. The fourth-order valence-electron chi connectivity index (χ4n) is 3.72. The zero-order chi connectivity index (χ0) is 19.4. The van der Waals surface area contributed by atoms with Crippen LogP contribution in [-0.2, 0) is 16.0 Å². The van der Waals surface area contributed by atoms with E-state index in [2.05, 4.69) is 6.58 Å². The SMILES string of the molecule is C=C[C@@H](c1ccccc1)[C@@]1(Cc2ccccc2)N=C(c2ccccc2)OC1=O. The second-order valence-corrected chi connectivity index (χ2v) is 6.88. The highest BCUT2D eigenvalue weighted by Crippen LogP contribution is 2.40. The summed E-state index contributed by atoms with van der Waals surface area (Å²) in [6, 6.07) is 29.3. The lowest BCUT2D eigenvalue weighted by atomic mass is 9.76. The first-order valence-electron chi connectivity index (χ1n) is 9.32. The topological polar surface area (TPSA) is 38.7 Å². The third-order valence-corrected chi connectivity index (χ3v) is 5.09. The van der Waals surface area contributed by atoms with E-state index in [9.17, 15) is 4.79 Å². The number of benzene rings is 3. The van der Waals surface area contributed by atoms with E-state index in [0.717, 1.165) is 16.7 Å². The highest BCUT2D eigenvalue weighted by molar-refractivity contribution is 6.08. The van der Waals surface area contributed by atoms with Gasteiger partial charge in [-0.05, 0) is 23.3 Å². The van der Waals surface area contributed by atoms with E-state index >= 15 is 0 Å². The molecule has 0 aromatic heterocycles. The van der Waals surface area contributed by atoms with Crippen molar-refractivity contribution in [1.29, 1.82) is 0 Å². The third-order valence-electron chi connectivity index (χ3n) is 5.09. The van der Waals surface area contributed by atoms with Crippen LogP contribution in [0.5, 0.6) is 0 Å². The van der Waals surface area contributed by atoms with Gasteiger partial charge in [-0.25, -0.2) is 9.79 Å². The Morgan fingerprint density at radius 3 is 2.07 bits per heavy atom. The van der Waals surface area contributed by atoms with Crippen LogP contribution in [0.15, 0.2) is 109 Å². The van der Waals surface area contributed by atoms with Gasteiger partial charge in [0.25, 0.3) is 0 Å². The summed E-state index contributed by atoms with van der Waals surface area (Å²) in [6.07, 6.45) is 2.24. The molecule has 2 atom stereocenters. The highest BCUT2D eigenvalue weighted by atomic mass is 16.6. The predicted octanol–water partition coefficient (Wildman–Crippen LogP) is 4.94. The van der Waals surface area contributed by atoms with Crippen LogP contribution < -0.4 is 0 Å². The molecule has 3 aromatic carbocycles. The Morgan fingerprint density at radius 2 is 1.46 bits per heavy atom. The van der Waals surface area contributed by atoms with Crippen LogP contribution in [0.4, 0.5) is 0 Å². The van der Waals surface area contributed by atoms with Gasteiger partial charge in [0.1, 0.15) is 0 Å². The summed E-state index contributed by atoms with van der Waals surface area (Å²) in [7, 11) is 0. The first-order chi connectivity index (χ1) is 13.7. The molecule has 0 saturated carbocycles. The minimum atomic E-state index is -1.09. The smallest absolute Gasteiger partial charge is 0.342 e. The van der Waals surface area contributed by atoms with E-state index in [1.165, 1.54) is 0 Å². The zero-order valence-corrected chi connectivity index (χ0v) is 15.5. The second-order valence-electron chi connectivity index (χ2n) is 6.88. The summed E-state index contributed by atoms with van der Waals surface area (Å²) in [5.74, 6) is -0.282. The van der Waals surface area contributed by atoms with Crippen LogP contribution in [0, 0.1) is 0 Å². The van der Waals surface area contributed by atoms with E-state index in [4.69, 9.17) is 9.73 Å². The number of nitrogens with zero attached hydrogens (tertiary/aromatic N) is 1. The average Bonchev–Trinajstić information content (AvgIpc) is 3.07. The van der Waals surface area contributed by atoms with Crippen molar-refractivity contribution in [3.8, 4) is 0 Å². The predicted molar refractivity (Wildman–Crippen MR) is 111 cm³/mol. The van der Waals surface area contributed by atoms with Gasteiger partial charge in [-0.1, -0.05) is 84.9 Å². The molecule has 0 aliphatic carbocycles. The van der Waals surface area contributed by atoms with Gasteiger partial charge in [0, 0.05) is 17.9 Å². The van der Waals surface area contributed by atoms with E-state index in [0.29, 0.717) is 12.3 Å². The van der Waals surface area contributed by atoms with Gasteiger partial charge in [-0.15, -0.1) is 6.58 Å². The van der Waals surface area contributed by atoms with E-state index in [1.807, 2.05) is 91.0 Å². The van der Waals surface area contributed by atoms with Crippen molar-refractivity contribution in [2.24, 2.45) is 4.99 Å². The monoisotopic (exact) mass is 367 g/mol. The first-order valence-corrected chi connectivity index (χ1v) is 9.32. The maximum Gasteiger partial charge on any atom is 0.342 e. The van der Waals surface area contributed by atoms with Gasteiger partial charge < -0.3 is 4.74 Å². The molecule has 1 aliphatic rings. The molecule has 0 spiro atoms. The largest absolute Gasteiger partial charge is 0.405 e. The molecule has 0 amide bonds. The van der Waals surface area contributed by atoms with E-state index in [1.54, 1.807) is 6.08 Å². The minimum absolute atomic E-state index is 0.303. The quantitative estimate of drug-likeness (QED) is 0.457. The lowest BCUT2D eigenvalue weighted by molar-refractivity contribution is -0.139. The van der Waals surface area contributed by atoms with Crippen LogP contribution in [0.3, 0.4) is 0 Å². The van der Waals surface area contributed by atoms with Crippen molar-refractivity contribution in [1.82, 2.24) is 0 Å². The average molecular weight is 367 g/mol. The van der Waals surface area contributed by atoms with Gasteiger partial charge in [0.05, 0.1) is 0 Å². The molecule has 0 N–H and O–H groups in total. The van der Waals surface area contributed by atoms with Crippen LogP contribution in [-0.4, -0.2) is 17.4 Å². The number of carbonyl (C=O) groups is 1. The number of carbonyl (C=O) groups excluding carboxylic acids is 1. The number of aliphatic imine (C=N–C) groups is 1. The Kier molecular flexibility index (Phi) is 4.90. The number of rotatable bonds is 6. The summed E-state index contributed by atoms with van der Waals surface area (Å²) in [6.45, 7) is 4.02. The molecular formula is C25H21NO2. The summed E-state index contributed by atoms with van der Waals surface area (Å²) < 4.78 is 5.70. The van der Waals surface area contributed by atoms with Gasteiger partial charge in [0.15, 0.2) is 5.54 Å². The van der Waals surface area contributed by atoms with Crippen LogP contribution >= 0.6 is 0 Å². The Labute approximate surface area is 165 Å². The maximum atomic E-state index is 13.3. The number of hydrogen-bond acceptors (Lipinski definition) is 3. The molecule has 0 radical (unpaired) electrons. The lowest BCUT2D eigenvalue weighted by Crippen LogP contribution is -2.42. The van der Waals surface area contributed by atoms with Crippen molar-refractivity contribution in [3.63, 3.8) is 0 Å². The van der Waals surface area contributed by atoms with Gasteiger partial charge in [0.2, 0.25) is 5.90 Å².